The highest BCUT2D eigenvalue weighted by Gasteiger charge is 2.25. The van der Waals surface area contributed by atoms with Gasteiger partial charge in [-0.15, -0.1) is 24.0 Å². The van der Waals surface area contributed by atoms with Crippen molar-refractivity contribution in [2.75, 3.05) is 39.8 Å². The van der Waals surface area contributed by atoms with Gasteiger partial charge in [0.1, 0.15) is 18.2 Å². The molecule has 1 aliphatic heterocycles. The zero-order chi connectivity index (χ0) is 19.8. The molecule has 1 aromatic heterocycles. The van der Waals surface area contributed by atoms with Crippen LogP contribution < -0.4 is 15.4 Å². The molecule has 0 spiro atoms. The van der Waals surface area contributed by atoms with E-state index in [2.05, 4.69) is 20.5 Å². The van der Waals surface area contributed by atoms with Crippen LogP contribution in [0.5, 0.6) is 5.75 Å². The van der Waals surface area contributed by atoms with Crippen LogP contribution >= 0.6 is 24.0 Å². The van der Waals surface area contributed by atoms with Crippen molar-refractivity contribution in [3.8, 4) is 5.75 Å². The van der Waals surface area contributed by atoms with E-state index in [0.717, 1.165) is 24.9 Å². The molecule has 3 rings (SSSR count). The molecule has 1 saturated heterocycles. The molecule has 1 fully saturated rings. The maximum absolute atomic E-state index is 13.6. The molecule has 0 amide bonds. The van der Waals surface area contributed by atoms with Crippen molar-refractivity contribution in [3.63, 3.8) is 0 Å². The molecule has 2 N–H and O–H groups in total. The summed E-state index contributed by atoms with van der Waals surface area (Å²) in [7, 11) is 1.69. The fraction of sp³-hybridized carbons (Fsp3) is 0.450. The minimum atomic E-state index is -0.714. The summed E-state index contributed by atoms with van der Waals surface area (Å²) in [6.45, 7) is 3.40. The normalized spacial score (nSPS) is 15.6. The smallest absolute Gasteiger partial charge is 0.191 e. The standard InChI is InChI=1S/C20H26F2N4O2.HI/c1-23-20(24-8-12-28-18-7-6-15(21)13-16(18)22)25-14-17(19-5-4-11-27-19)26-9-2-3-10-26;/h4-7,11,13,17H,2-3,8-10,12,14H2,1H3,(H2,23,24,25);1H. The van der Waals surface area contributed by atoms with Gasteiger partial charge in [-0.05, 0) is 50.2 Å². The van der Waals surface area contributed by atoms with Gasteiger partial charge >= 0.3 is 0 Å². The molecule has 0 saturated carbocycles. The van der Waals surface area contributed by atoms with Gasteiger partial charge in [0.05, 0.1) is 18.8 Å². The van der Waals surface area contributed by atoms with E-state index < -0.39 is 11.6 Å². The third-order valence-corrected chi connectivity index (χ3v) is 4.69. The first kappa shape index (κ1) is 23.4. The Morgan fingerprint density at radius 1 is 1.24 bits per heavy atom. The third kappa shape index (κ3) is 6.84. The summed E-state index contributed by atoms with van der Waals surface area (Å²) < 4.78 is 37.4. The van der Waals surface area contributed by atoms with Gasteiger partial charge in [0.25, 0.3) is 0 Å². The number of nitrogens with one attached hydrogen (secondary N) is 2. The lowest BCUT2D eigenvalue weighted by atomic mass is 10.2. The second kappa shape index (κ2) is 12.0. The van der Waals surface area contributed by atoms with Crippen LogP contribution in [-0.2, 0) is 0 Å². The van der Waals surface area contributed by atoms with Crippen molar-refractivity contribution in [2.45, 2.75) is 18.9 Å². The van der Waals surface area contributed by atoms with Gasteiger partial charge in [-0.3, -0.25) is 9.89 Å². The lowest BCUT2D eigenvalue weighted by Gasteiger charge is -2.26. The van der Waals surface area contributed by atoms with Gasteiger partial charge in [0, 0.05) is 19.7 Å². The first-order valence-corrected chi connectivity index (χ1v) is 9.47. The molecule has 1 aromatic carbocycles. The van der Waals surface area contributed by atoms with E-state index >= 15 is 0 Å². The molecular formula is C20H27F2IN4O2. The molecule has 2 heterocycles. The Hall–Kier alpha value is -1.88. The van der Waals surface area contributed by atoms with Crippen molar-refractivity contribution in [2.24, 2.45) is 4.99 Å². The molecular weight excluding hydrogens is 493 g/mol. The van der Waals surface area contributed by atoms with Gasteiger partial charge in [0.15, 0.2) is 17.5 Å². The van der Waals surface area contributed by atoms with Crippen molar-refractivity contribution in [1.29, 1.82) is 0 Å². The first-order valence-electron chi connectivity index (χ1n) is 9.47. The summed E-state index contributed by atoms with van der Waals surface area (Å²) in [6.07, 6.45) is 4.08. The lowest BCUT2D eigenvalue weighted by Crippen LogP contribution is -2.43. The maximum atomic E-state index is 13.6. The summed E-state index contributed by atoms with van der Waals surface area (Å²) in [6, 6.07) is 7.28. The Morgan fingerprint density at radius 2 is 2.03 bits per heavy atom. The third-order valence-electron chi connectivity index (χ3n) is 4.69. The first-order chi connectivity index (χ1) is 13.7. The van der Waals surface area contributed by atoms with E-state index in [9.17, 15) is 8.78 Å². The predicted molar refractivity (Wildman–Crippen MR) is 119 cm³/mol. The van der Waals surface area contributed by atoms with E-state index in [1.54, 1.807) is 13.3 Å². The summed E-state index contributed by atoms with van der Waals surface area (Å²) >= 11 is 0. The van der Waals surface area contributed by atoms with Crippen LogP contribution in [0.25, 0.3) is 0 Å². The van der Waals surface area contributed by atoms with E-state index in [0.29, 0.717) is 19.0 Å². The fourth-order valence-corrected chi connectivity index (χ4v) is 3.28. The number of hydrogen-bond donors (Lipinski definition) is 2. The molecule has 9 heteroatoms. The number of nitrogens with zero attached hydrogens (tertiary/aromatic N) is 2. The van der Waals surface area contributed by atoms with E-state index in [1.165, 1.54) is 25.0 Å². The molecule has 1 aliphatic rings. The number of halogens is 3. The number of furan rings is 1. The van der Waals surface area contributed by atoms with Gasteiger partial charge in [-0.2, -0.15) is 0 Å². The van der Waals surface area contributed by atoms with Crippen LogP contribution in [0.15, 0.2) is 46.0 Å². The topological polar surface area (TPSA) is 62.0 Å². The average Bonchev–Trinajstić information content (AvgIpc) is 3.39. The Kier molecular flexibility index (Phi) is 9.65. The number of rotatable bonds is 8. The summed E-state index contributed by atoms with van der Waals surface area (Å²) in [5.41, 5.74) is 0. The zero-order valence-corrected chi connectivity index (χ0v) is 18.7. The van der Waals surface area contributed by atoms with Crippen LogP contribution in [0.2, 0.25) is 0 Å². The number of ether oxygens (including phenoxy) is 1. The Labute approximate surface area is 186 Å². The van der Waals surface area contributed by atoms with E-state index in [4.69, 9.17) is 9.15 Å². The molecule has 6 nitrogen and oxygen atoms in total. The number of hydrogen-bond acceptors (Lipinski definition) is 4. The molecule has 0 aliphatic carbocycles. The largest absolute Gasteiger partial charge is 0.489 e. The summed E-state index contributed by atoms with van der Waals surface area (Å²) in [4.78, 5) is 6.61. The monoisotopic (exact) mass is 520 g/mol. The predicted octanol–water partition coefficient (Wildman–Crippen LogP) is 3.56. The zero-order valence-electron chi connectivity index (χ0n) is 16.4. The van der Waals surface area contributed by atoms with Gasteiger partial charge in [-0.25, -0.2) is 8.78 Å². The number of benzene rings is 1. The van der Waals surface area contributed by atoms with Crippen molar-refractivity contribution in [1.82, 2.24) is 15.5 Å². The second-order valence-corrected chi connectivity index (χ2v) is 6.58. The summed E-state index contributed by atoms with van der Waals surface area (Å²) in [5.74, 6) is 0.239. The second-order valence-electron chi connectivity index (χ2n) is 6.58. The maximum Gasteiger partial charge on any atom is 0.191 e. The number of likely N-dealkylation sites (tertiary alicyclic amines) is 1. The molecule has 29 heavy (non-hydrogen) atoms. The van der Waals surface area contributed by atoms with Crippen molar-refractivity contribution in [3.05, 3.63) is 54.0 Å². The molecule has 1 unspecified atom stereocenters. The summed E-state index contributed by atoms with van der Waals surface area (Å²) in [5, 5.41) is 6.44. The molecule has 160 valence electrons. The Balaban J connectivity index is 0.00000300. The highest BCUT2D eigenvalue weighted by Crippen LogP contribution is 2.24. The molecule has 0 radical (unpaired) electrons. The van der Waals surface area contributed by atoms with Gasteiger partial charge < -0.3 is 19.8 Å². The van der Waals surface area contributed by atoms with Gasteiger partial charge in [-0.1, -0.05) is 0 Å². The SMILES string of the molecule is CN=C(NCCOc1ccc(F)cc1F)NCC(c1ccco1)N1CCCC1.I. The average molecular weight is 520 g/mol. The van der Waals surface area contributed by atoms with Crippen LogP contribution in [0.1, 0.15) is 24.6 Å². The number of guanidine groups is 1. The van der Waals surface area contributed by atoms with Crippen molar-refractivity contribution < 1.29 is 17.9 Å². The Morgan fingerprint density at radius 3 is 2.69 bits per heavy atom. The quantitative estimate of drug-likeness (QED) is 0.241. The highest BCUT2D eigenvalue weighted by molar-refractivity contribution is 14.0. The minimum Gasteiger partial charge on any atom is -0.489 e. The minimum absolute atomic E-state index is 0. The van der Waals surface area contributed by atoms with Crippen molar-refractivity contribution >= 4 is 29.9 Å². The molecule has 2 aromatic rings. The molecule has 1 atom stereocenters. The highest BCUT2D eigenvalue weighted by atomic mass is 127. The van der Waals surface area contributed by atoms with Crippen LogP contribution in [-0.4, -0.2) is 50.7 Å². The van der Waals surface area contributed by atoms with Crippen LogP contribution in [0.4, 0.5) is 8.78 Å². The fourth-order valence-electron chi connectivity index (χ4n) is 3.28. The Bertz CT molecular complexity index is 768. The van der Waals surface area contributed by atoms with Gasteiger partial charge in [0.2, 0.25) is 0 Å². The van der Waals surface area contributed by atoms with E-state index in [1.807, 2.05) is 12.1 Å². The lowest BCUT2D eigenvalue weighted by molar-refractivity contribution is 0.215. The van der Waals surface area contributed by atoms with E-state index in [-0.39, 0.29) is 42.4 Å². The van der Waals surface area contributed by atoms with Crippen LogP contribution in [0, 0.1) is 11.6 Å². The molecule has 0 bridgehead atoms. The van der Waals surface area contributed by atoms with Crippen LogP contribution in [0.3, 0.4) is 0 Å². The number of aliphatic imine (C=N–C) groups is 1.